The highest BCUT2D eigenvalue weighted by molar-refractivity contribution is 6.29. The van der Waals surface area contributed by atoms with Crippen molar-refractivity contribution < 1.29 is 0 Å². The van der Waals surface area contributed by atoms with Gasteiger partial charge in [-0.2, -0.15) is 0 Å². The van der Waals surface area contributed by atoms with E-state index in [9.17, 15) is 0 Å². The number of hydrogen-bond donors (Lipinski definition) is 0. The molecule has 0 rings (SSSR count). The molecule has 0 fully saturated rings. The van der Waals surface area contributed by atoms with Gasteiger partial charge in [-0.1, -0.05) is 18.2 Å². The fraction of sp³-hybridized carbons (Fsp3) is 0.167. The first-order chi connectivity index (χ1) is 3.27. The Morgan fingerprint density at radius 2 is 2.43 bits per heavy atom. The van der Waals surface area contributed by atoms with Gasteiger partial charge in [0.05, 0.1) is 0 Å². The van der Waals surface area contributed by atoms with Crippen molar-refractivity contribution in [2.24, 2.45) is 0 Å². The lowest BCUT2D eigenvalue weighted by atomic mass is 10.5. The molecule has 0 aromatic rings. The summed E-state index contributed by atoms with van der Waals surface area (Å²) in [6.45, 7) is 5.15. The van der Waals surface area contributed by atoms with Gasteiger partial charge in [0.15, 0.2) is 0 Å². The lowest BCUT2D eigenvalue weighted by Crippen LogP contribution is -1.49. The van der Waals surface area contributed by atoms with Crippen molar-refractivity contribution in [3.05, 3.63) is 29.5 Å². The van der Waals surface area contributed by atoms with E-state index >= 15 is 0 Å². The van der Waals surface area contributed by atoms with Gasteiger partial charge in [-0.25, -0.2) is 0 Å². The SMILES string of the molecule is C=C=C/C=C(/C)Cl. The molecule has 0 aromatic carbocycles. The minimum absolute atomic E-state index is 0.746. The maximum atomic E-state index is 5.42. The summed E-state index contributed by atoms with van der Waals surface area (Å²) >= 11 is 5.42. The summed E-state index contributed by atoms with van der Waals surface area (Å²) in [6, 6.07) is 0. The molecule has 0 aliphatic heterocycles. The minimum atomic E-state index is 0.746. The van der Waals surface area contributed by atoms with Crippen LogP contribution in [0.25, 0.3) is 0 Å². The molecule has 0 atom stereocenters. The van der Waals surface area contributed by atoms with Gasteiger partial charge >= 0.3 is 0 Å². The Morgan fingerprint density at radius 3 is 2.57 bits per heavy atom. The predicted molar refractivity (Wildman–Crippen MR) is 33.3 cm³/mol. The van der Waals surface area contributed by atoms with E-state index in [0.717, 1.165) is 5.03 Å². The van der Waals surface area contributed by atoms with Crippen LogP contribution < -0.4 is 0 Å². The van der Waals surface area contributed by atoms with Crippen LogP contribution in [0.1, 0.15) is 6.92 Å². The van der Waals surface area contributed by atoms with Crippen LogP contribution >= 0.6 is 11.6 Å². The topological polar surface area (TPSA) is 0 Å². The highest BCUT2D eigenvalue weighted by atomic mass is 35.5. The Bertz CT molecular complexity index is 112. The quantitative estimate of drug-likeness (QED) is 0.363. The third kappa shape index (κ3) is 5.55. The molecule has 0 nitrogen and oxygen atoms in total. The lowest BCUT2D eigenvalue weighted by molar-refractivity contribution is 1.66. The number of rotatable bonds is 1. The fourth-order valence-electron chi connectivity index (χ4n) is 0.174. The Morgan fingerprint density at radius 1 is 1.86 bits per heavy atom. The molecule has 0 aliphatic rings. The summed E-state index contributed by atoms with van der Waals surface area (Å²) in [6.07, 6.45) is 3.40. The van der Waals surface area contributed by atoms with E-state index < -0.39 is 0 Å². The normalized spacial score (nSPS) is 10.3. The van der Waals surface area contributed by atoms with Crippen LogP contribution in [-0.2, 0) is 0 Å². The summed E-state index contributed by atoms with van der Waals surface area (Å²) in [5.41, 5.74) is 2.56. The third-order valence-corrected chi connectivity index (χ3v) is 0.557. The number of hydrogen-bond acceptors (Lipinski definition) is 0. The molecule has 7 heavy (non-hydrogen) atoms. The molecule has 1 heteroatoms. The van der Waals surface area contributed by atoms with Crippen molar-refractivity contribution in [3.63, 3.8) is 0 Å². The molecular weight excluding hydrogens is 108 g/mol. The zero-order chi connectivity index (χ0) is 5.70. The van der Waals surface area contributed by atoms with Crippen LogP contribution in [0.4, 0.5) is 0 Å². The van der Waals surface area contributed by atoms with E-state index in [0.29, 0.717) is 0 Å². The van der Waals surface area contributed by atoms with Crippen LogP contribution in [0.2, 0.25) is 0 Å². The van der Waals surface area contributed by atoms with Crippen LogP contribution in [0, 0.1) is 0 Å². The van der Waals surface area contributed by atoms with Gasteiger partial charge in [-0.15, -0.1) is 5.73 Å². The first kappa shape index (κ1) is 6.55. The summed E-state index contributed by atoms with van der Waals surface area (Å²) < 4.78 is 0. The molecule has 0 aliphatic carbocycles. The van der Waals surface area contributed by atoms with Gasteiger partial charge in [0.25, 0.3) is 0 Å². The first-order valence-electron chi connectivity index (χ1n) is 1.95. The summed E-state index contributed by atoms with van der Waals surface area (Å²) in [7, 11) is 0. The molecule has 0 aromatic heterocycles. The van der Waals surface area contributed by atoms with Gasteiger partial charge in [-0.3, -0.25) is 0 Å². The molecule has 0 unspecified atom stereocenters. The standard InChI is InChI=1S/C6H7Cl/c1-3-4-5-6(2)7/h4-5H,1H2,2H3/b6-5-. The van der Waals surface area contributed by atoms with Crippen molar-refractivity contribution in [2.45, 2.75) is 6.92 Å². The maximum absolute atomic E-state index is 5.42. The second-order valence-corrected chi connectivity index (χ2v) is 1.72. The van der Waals surface area contributed by atoms with Crippen molar-refractivity contribution in [3.8, 4) is 0 Å². The summed E-state index contributed by atoms with van der Waals surface area (Å²) in [4.78, 5) is 0. The smallest absolute Gasteiger partial charge is 0.0156 e. The molecule has 0 saturated carbocycles. The van der Waals surface area contributed by atoms with Crippen LogP contribution in [0.15, 0.2) is 29.5 Å². The highest BCUT2D eigenvalue weighted by Crippen LogP contribution is 1.95. The Balaban J connectivity index is 3.69. The van der Waals surface area contributed by atoms with E-state index in [1.54, 1.807) is 19.1 Å². The predicted octanol–water partition coefficient (Wildman–Crippen LogP) is 2.47. The largest absolute Gasteiger partial charge is 0.129 e. The van der Waals surface area contributed by atoms with Gasteiger partial charge in [0, 0.05) is 5.03 Å². The molecule has 0 heterocycles. The molecule has 0 amide bonds. The Hall–Kier alpha value is -0.450. The van der Waals surface area contributed by atoms with Crippen LogP contribution in [-0.4, -0.2) is 0 Å². The first-order valence-corrected chi connectivity index (χ1v) is 2.33. The monoisotopic (exact) mass is 114 g/mol. The lowest BCUT2D eigenvalue weighted by Gasteiger charge is -1.72. The van der Waals surface area contributed by atoms with Gasteiger partial charge < -0.3 is 0 Å². The minimum Gasteiger partial charge on any atom is -0.129 e. The molecule has 0 N–H and O–H groups in total. The van der Waals surface area contributed by atoms with E-state index in [2.05, 4.69) is 12.3 Å². The zero-order valence-electron chi connectivity index (χ0n) is 4.24. The van der Waals surface area contributed by atoms with E-state index in [1.165, 1.54) is 0 Å². The molecule has 38 valence electrons. The fourth-order valence-corrected chi connectivity index (χ4v) is 0.237. The summed E-state index contributed by atoms with van der Waals surface area (Å²) in [5.74, 6) is 0. The number of halogens is 1. The molecule has 0 bridgehead atoms. The molecular formula is C6H7Cl. The van der Waals surface area contributed by atoms with E-state index in [1.807, 2.05) is 0 Å². The third-order valence-electron chi connectivity index (χ3n) is 0.431. The van der Waals surface area contributed by atoms with Gasteiger partial charge in [-0.05, 0) is 19.1 Å². The maximum Gasteiger partial charge on any atom is 0.0156 e. The average Bonchev–Trinajstić information content (AvgIpc) is 1.61. The molecule has 0 radical (unpaired) electrons. The van der Waals surface area contributed by atoms with Gasteiger partial charge in [0.2, 0.25) is 0 Å². The second-order valence-electron chi connectivity index (χ2n) is 1.12. The zero-order valence-corrected chi connectivity index (χ0v) is 5.00. The molecule has 0 saturated heterocycles. The highest BCUT2D eigenvalue weighted by Gasteiger charge is 1.68. The van der Waals surface area contributed by atoms with Crippen LogP contribution in [0.5, 0.6) is 0 Å². The van der Waals surface area contributed by atoms with Crippen molar-refractivity contribution >= 4 is 11.6 Å². The van der Waals surface area contributed by atoms with E-state index in [4.69, 9.17) is 11.6 Å². The second kappa shape index (κ2) is 3.73. The Kier molecular flexibility index (Phi) is 3.49. The average molecular weight is 115 g/mol. The number of allylic oxidation sites excluding steroid dienone is 3. The van der Waals surface area contributed by atoms with Crippen molar-refractivity contribution in [2.75, 3.05) is 0 Å². The van der Waals surface area contributed by atoms with Crippen LogP contribution in [0.3, 0.4) is 0 Å². The van der Waals surface area contributed by atoms with Crippen molar-refractivity contribution in [1.29, 1.82) is 0 Å². The molecule has 0 spiro atoms. The summed E-state index contributed by atoms with van der Waals surface area (Å²) in [5, 5.41) is 0.746. The Labute approximate surface area is 48.8 Å². The van der Waals surface area contributed by atoms with E-state index in [-0.39, 0.29) is 0 Å². The van der Waals surface area contributed by atoms with Crippen molar-refractivity contribution in [1.82, 2.24) is 0 Å². The van der Waals surface area contributed by atoms with Gasteiger partial charge in [0.1, 0.15) is 0 Å².